The van der Waals surface area contributed by atoms with E-state index in [4.69, 9.17) is 0 Å². The monoisotopic (exact) mass is 328 g/mol. The summed E-state index contributed by atoms with van der Waals surface area (Å²) in [5.41, 5.74) is 0. The van der Waals surface area contributed by atoms with Crippen LogP contribution in [0.3, 0.4) is 0 Å². The Labute approximate surface area is 136 Å². The average molecular weight is 328 g/mol. The van der Waals surface area contributed by atoms with Gasteiger partial charge in [0.1, 0.15) is 0 Å². The minimum absolute atomic E-state index is 0.104. The van der Waals surface area contributed by atoms with E-state index in [1.165, 1.54) is 0 Å². The van der Waals surface area contributed by atoms with Crippen LogP contribution >= 0.6 is 0 Å². The van der Waals surface area contributed by atoms with Crippen LogP contribution in [0.5, 0.6) is 0 Å². The SMILES string of the molecule is CC(CNC(=O)C1CNCC(O)C1)NC(=O)C1CNCC(O)C1. The average Bonchev–Trinajstić information content (AvgIpc) is 2.52. The van der Waals surface area contributed by atoms with Crippen LogP contribution in [-0.2, 0) is 9.59 Å². The standard InChI is InChI=1S/C15H28N4O4/c1-9(19-15(23)11-3-13(21)8-17-6-11)4-18-14(22)10-2-12(20)7-16-5-10/h9-13,16-17,20-21H,2-8H2,1H3,(H,18,22)(H,19,23). The molecule has 0 saturated carbocycles. The summed E-state index contributed by atoms with van der Waals surface area (Å²) in [6.07, 6.45) is -0.0454. The van der Waals surface area contributed by atoms with Gasteiger partial charge in [-0.15, -0.1) is 0 Å². The number of aliphatic hydroxyl groups is 2. The first kappa shape index (κ1) is 18.1. The van der Waals surface area contributed by atoms with Crippen molar-refractivity contribution in [1.82, 2.24) is 21.3 Å². The number of nitrogens with one attached hydrogen (secondary N) is 4. The van der Waals surface area contributed by atoms with Gasteiger partial charge in [-0.05, 0) is 19.8 Å². The molecule has 0 spiro atoms. The maximum atomic E-state index is 12.1. The van der Waals surface area contributed by atoms with Gasteiger partial charge < -0.3 is 31.5 Å². The molecule has 23 heavy (non-hydrogen) atoms. The molecule has 132 valence electrons. The lowest BCUT2D eigenvalue weighted by atomic mass is 9.96. The summed E-state index contributed by atoms with van der Waals surface area (Å²) in [6, 6.07) is -0.188. The molecule has 8 nitrogen and oxygen atoms in total. The molecule has 2 aliphatic rings. The summed E-state index contributed by atoms with van der Waals surface area (Å²) in [7, 11) is 0. The third-order valence-electron chi connectivity index (χ3n) is 4.37. The first-order valence-electron chi connectivity index (χ1n) is 8.31. The van der Waals surface area contributed by atoms with Crippen molar-refractivity contribution in [2.45, 2.75) is 38.0 Å². The number of hydrogen-bond acceptors (Lipinski definition) is 6. The lowest BCUT2D eigenvalue weighted by Gasteiger charge is -2.28. The van der Waals surface area contributed by atoms with Crippen molar-refractivity contribution in [3.8, 4) is 0 Å². The fraction of sp³-hybridized carbons (Fsp3) is 0.867. The van der Waals surface area contributed by atoms with Gasteiger partial charge in [0.2, 0.25) is 11.8 Å². The van der Waals surface area contributed by atoms with Gasteiger partial charge in [0.05, 0.1) is 24.0 Å². The van der Waals surface area contributed by atoms with Crippen LogP contribution in [0.25, 0.3) is 0 Å². The molecule has 5 unspecified atom stereocenters. The molecule has 2 rings (SSSR count). The zero-order chi connectivity index (χ0) is 16.8. The van der Waals surface area contributed by atoms with Gasteiger partial charge in [-0.3, -0.25) is 9.59 Å². The lowest BCUT2D eigenvalue weighted by Crippen LogP contribution is -2.51. The highest BCUT2D eigenvalue weighted by atomic mass is 16.3. The zero-order valence-corrected chi connectivity index (χ0v) is 13.5. The van der Waals surface area contributed by atoms with E-state index in [9.17, 15) is 19.8 Å². The van der Waals surface area contributed by atoms with E-state index in [0.29, 0.717) is 45.6 Å². The predicted molar refractivity (Wildman–Crippen MR) is 84.6 cm³/mol. The highest BCUT2D eigenvalue weighted by Crippen LogP contribution is 2.12. The number of piperidine rings is 2. The Kier molecular flexibility index (Phi) is 6.76. The molecule has 2 fully saturated rings. The van der Waals surface area contributed by atoms with Crippen molar-refractivity contribution in [2.24, 2.45) is 11.8 Å². The Morgan fingerprint density at radius 3 is 2.04 bits per heavy atom. The Balaban J connectivity index is 1.68. The quantitative estimate of drug-likeness (QED) is 0.333. The van der Waals surface area contributed by atoms with E-state index in [1.807, 2.05) is 6.92 Å². The van der Waals surface area contributed by atoms with Gasteiger partial charge in [0.25, 0.3) is 0 Å². The molecule has 0 radical (unpaired) electrons. The van der Waals surface area contributed by atoms with Crippen LogP contribution in [0.15, 0.2) is 0 Å². The zero-order valence-electron chi connectivity index (χ0n) is 13.5. The summed E-state index contributed by atoms with van der Waals surface area (Å²) >= 11 is 0. The predicted octanol–water partition coefficient (Wildman–Crippen LogP) is -2.45. The van der Waals surface area contributed by atoms with Gasteiger partial charge in [-0.1, -0.05) is 0 Å². The second-order valence-corrected chi connectivity index (χ2v) is 6.64. The van der Waals surface area contributed by atoms with Crippen molar-refractivity contribution >= 4 is 11.8 Å². The molecule has 0 bridgehead atoms. The van der Waals surface area contributed by atoms with E-state index in [1.54, 1.807) is 0 Å². The van der Waals surface area contributed by atoms with E-state index >= 15 is 0 Å². The summed E-state index contributed by atoms with van der Waals surface area (Å²) in [5.74, 6) is -0.686. The number of aliphatic hydroxyl groups excluding tert-OH is 2. The summed E-state index contributed by atoms with van der Waals surface area (Å²) in [4.78, 5) is 24.2. The number of carbonyl (C=O) groups excluding carboxylic acids is 2. The molecule has 2 amide bonds. The van der Waals surface area contributed by atoms with Gasteiger partial charge >= 0.3 is 0 Å². The van der Waals surface area contributed by atoms with Crippen LogP contribution in [0.2, 0.25) is 0 Å². The minimum Gasteiger partial charge on any atom is -0.392 e. The van der Waals surface area contributed by atoms with Crippen molar-refractivity contribution in [2.75, 3.05) is 32.7 Å². The van der Waals surface area contributed by atoms with E-state index in [0.717, 1.165) is 0 Å². The van der Waals surface area contributed by atoms with Gasteiger partial charge in [-0.25, -0.2) is 0 Å². The van der Waals surface area contributed by atoms with Gasteiger partial charge in [0.15, 0.2) is 0 Å². The van der Waals surface area contributed by atoms with E-state index in [-0.39, 0.29) is 29.7 Å². The lowest BCUT2D eigenvalue weighted by molar-refractivity contribution is -0.129. The summed E-state index contributed by atoms with van der Waals surface area (Å²) in [6.45, 7) is 4.36. The normalized spacial score (nSPS) is 32.8. The van der Waals surface area contributed by atoms with Crippen LogP contribution < -0.4 is 21.3 Å². The molecular weight excluding hydrogens is 300 g/mol. The highest BCUT2D eigenvalue weighted by Gasteiger charge is 2.28. The van der Waals surface area contributed by atoms with Gasteiger partial charge in [-0.2, -0.15) is 0 Å². The van der Waals surface area contributed by atoms with Crippen LogP contribution in [0, 0.1) is 11.8 Å². The van der Waals surface area contributed by atoms with Crippen LogP contribution in [0.1, 0.15) is 19.8 Å². The molecule has 6 N–H and O–H groups in total. The molecule has 2 aliphatic heterocycles. The van der Waals surface area contributed by atoms with Crippen LogP contribution in [0.4, 0.5) is 0 Å². The second kappa shape index (κ2) is 8.58. The molecule has 0 aromatic rings. The maximum absolute atomic E-state index is 12.1. The Morgan fingerprint density at radius 1 is 1.00 bits per heavy atom. The molecule has 0 aliphatic carbocycles. The van der Waals surface area contributed by atoms with Crippen LogP contribution in [-0.4, -0.2) is 73.0 Å². The van der Waals surface area contributed by atoms with Gasteiger partial charge in [0, 0.05) is 38.8 Å². The first-order valence-corrected chi connectivity index (χ1v) is 8.31. The fourth-order valence-corrected chi connectivity index (χ4v) is 3.05. The Hall–Kier alpha value is -1.22. The number of carbonyl (C=O) groups is 2. The molecule has 5 atom stereocenters. The number of rotatable bonds is 5. The Bertz CT molecular complexity index is 420. The van der Waals surface area contributed by atoms with E-state index < -0.39 is 12.2 Å². The third kappa shape index (κ3) is 5.72. The molecule has 2 saturated heterocycles. The molecule has 0 aromatic carbocycles. The Morgan fingerprint density at radius 2 is 1.52 bits per heavy atom. The number of hydrogen-bond donors (Lipinski definition) is 6. The maximum Gasteiger partial charge on any atom is 0.224 e. The van der Waals surface area contributed by atoms with Crippen molar-refractivity contribution in [3.05, 3.63) is 0 Å². The summed E-state index contributed by atoms with van der Waals surface area (Å²) < 4.78 is 0. The summed E-state index contributed by atoms with van der Waals surface area (Å²) in [5, 5.41) is 30.9. The highest BCUT2D eigenvalue weighted by molar-refractivity contribution is 5.80. The van der Waals surface area contributed by atoms with E-state index in [2.05, 4.69) is 21.3 Å². The minimum atomic E-state index is -0.486. The first-order chi connectivity index (χ1) is 11.0. The topological polar surface area (TPSA) is 123 Å². The van der Waals surface area contributed by atoms with Crippen molar-refractivity contribution < 1.29 is 19.8 Å². The molecule has 0 aromatic heterocycles. The fourth-order valence-electron chi connectivity index (χ4n) is 3.05. The van der Waals surface area contributed by atoms with Crippen molar-refractivity contribution in [3.63, 3.8) is 0 Å². The molecule has 8 heteroatoms. The third-order valence-corrected chi connectivity index (χ3v) is 4.37. The van der Waals surface area contributed by atoms with Crippen molar-refractivity contribution in [1.29, 1.82) is 0 Å². The largest absolute Gasteiger partial charge is 0.392 e. The second-order valence-electron chi connectivity index (χ2n) is 6.64. The smallest absolute Gasteiger partial charge is 0.224 e. The number of β-amino-alcohol motifs (C(OH)–C–C–N with tert-alkyl or cyclic N) is 2. The number of amides is 2. The molecular formula is C15H28N4O4. The molecule has 2 heterocycles.